The number of hydrogen-bond acceptors (Lipinski definition) is 4. The Morgan fingerprint density at radius 2 is 1.86 bits per heavy atom. The Hall–Kier alpha value is -3.19. The number of rotatable bonds is 5. The second-order valence-electron chi connectivity index (χ2n) is 7.57. The molecule has 7 nitrogen and oxygen atoms in total. The minimum atomic E-state index is -0.452. The Morgan fingerprint density at radius 3 is 2.55 bits per heavy atom. The fraction of sp³-hybridized carbons (Fsp3) is 0.318. The van der Waals surface area contributed by atoms with Crippen LogP contribution < -0.4 is 5.32 Å². The molecule has 0 bridgehead atoms. The molecule has 1 saturated heterocycles. The number of carbonyl (C=O) groups excluding carboxylic acids is 1. The summed E-state index contributed by atoms with van der Waals surface area (Å²) in [5.41, 5.74) is 3.11. The van der Waals surface area contributed by atoms with Crippen molar-refractivity contribution in [3.05, 3.63) is 70.4 Å². The lowest BCUT2D eigenvalue weighted by atomic mass is 9.88. The number of nitro benzene ring substituents is 1. The van der Waals surface area contributed by atoms with Gasteiger partial charge in [0.2, 0.25) is 5.91 Å². The third-order valence-corrected chi connectivity index (χ3v) is 5.86. The van der Waals surface area contributed by atoms with Crippen LogP contribution in [0.1, 0.15) is 31.2 Å². The van der Waals surface area contributed by atoms with Crippen molar-refractivity contribution >= 4 is 28.2 Å². The molecule has 2 N–H and O–H groups in total. The number of nitrogens with zero attached hydrogens (tertiary/aromatic N) is 2. The molecule has 2 aromatic carbocycles. The summed E-state index contributed by atoms with van der Waals surface area (Å²) in [5.74, 6) is 0.400. The summed E-state index contributed by atoms with van der Waals surface area (Å²) in [4.78, 5) is 28.5. The van der Waals surface area contributed by atoms with Gasteiger partial charge >= 0.3 is 0 Å². The normalized spacial score (nSPS) is 16.6. The van der Waals surface area contributed by atoms with E-state index in [1.165, 1.54) is 28.6 Å². The Bertz CT molecular complexity index is 1020. The molecule has 0 spiro atoms. The minimum Gasteiger partial charge on any atom is -0.361 e. The predicted octanol–water partition coefficient (Wildman–Crippen LogP) is 4.28. The molecule has 0 radical (unpaired) electrons. The fourth-order valence-electron chi connectivity index (χ4n) is 4.11. The maximum absolute atomic E-state index is 12.6. The van der Waals surface area contributed by atoms with Crippen LogP contribution in [0.3, 0.4) is 0 Å². The fourth-order valence-corrected chi connectivity index (χ4v) is 4.11. The van der Waals surface area contributed by atoms with E-state index in [4.69, 9.17) is 0 Å². The number of carbonyl (C=O) groups is 1. The quantitative estimate of drug-likeness (QED) is 0.501. The second-order valence-corrected chi connectivity index (χ2v) is 7.57. The highest BCUT2D eigenvalue weighted by Gasteiger charge is 2.28. The third-order valence-electron chi connectivity index (χ3n) is 5.86. The number of nitro groups is 1. The number of aromatic nitrogens is 1. The predicted molar refractivity (Wildman–Crippen MR) is 113 cm³/mol. The van der Waals surface area contributed by atoms with Gasteiger partial charge in [0.1, 0.15) is 0 Å². The topological polar surface area (TPSA) is 91.3 Å². The number of benzene rings is 2. The Labute approximate surface area is 168 Å². The number of anilines is 1. The van der Waals surface area contributed by atoms with Crippen LogP contribution in [0, 0.1) is 10.1 Å². The molecule has 4 rings (SSSR count). The monoisotopic (exact) mass is 392 g/mol. The number of hydrogen-bond donors (Lipinski definition) is 2. The van der Waals surface area contributed by atoms with Crippen molar-refractivity contribution in [3.63, 3.8) is 0 Å². The first-order valence-corrected chi connectivity index (χ1v) is 9.88. The summed E-state index contributed by atoms with van der Waals surface area (Å²) in [7, 11) is 0. The molecule has 1 fully saturated rings. The molecule has 29 heavy (non-hydrogen) atoms. The molecule has 1 atom stereocenters. The molecule has 1 unspecified atom stereocenters. The molecule has 1 aliphatic rings. The molecule has 1 amide bonds. The lowest BCUT2D eigenvalue weighted by Crippen LogP contribution is -2.45. The van der Waals surface area contributed by atoms with Crippen molar-refractivity contribution in [2.24, 2.45) is 0 Å². The smallest absolute Gasteiger partial charge is 0.269 e. The second kappa shape index (κ2) is 8.05. The number of aromatic amines is 1. The van der Waals surface area contributed by atoms with E-state index in [-0.39, 0.29) is 17.6 Å². The number of para-hydroxylation sites is 1. The Balaban J connectivity index is 1.35. The summed E-state index contributed by atoms with van der Waals surface area (Å²) >= 11 is 0. The molecule has 2 heterocycles. The van der Waals surface area contributed by atoms with E-state index in [2.05, 4.69) is 39.6 Å². The first kappa shape index (κ1) is 19.1. The number of fused-ring (bicyclic) bond motifs is 1. The molecule has 1 aromatic heterocycles. The van der Waals surface area contributed by atoms with Gasteiger partial charge in [-0.25, -0.2) is 0 Å². The molecular weight excluding hydrogens is 368 g/mol. The zero-order valence-electron chi connectivity index (χ0n) is 16.3. The van der Waals surface area contributed by atoms with Crippen LogP contribution in [-0.2, 0) is 4.79 Å². The number of piperidine rings is 1. The van der Waals surface area contributed by atoms with Crippen molar-refractivity contribution in [2.45, 2.75) is 31.7 Å². The number of non-ortho nitro benzene ring substituents is 1. The lowest BCUT2D eigenvalue weighted by Gasteiger charge is -2.35. The largest absolute Gasteiger partial charge is 0.361 e. The van der Waals surface area contributed by atoms with E-state index in [1.807, 2.05) is 13.0 Å². The molecule has 3 aromatic rings. The molecule has 7 heteroatoms. The SMILES string of the molecule is CC(C(=O)Nc1ccc([N+](=O)[O-])cc1)N1CCC(c2c[nH]c3ccccc23)CC1. The van der Waals surface area contributed by atoms with E-state index in [0.717, 1.165) is 25.9 Å². The lowest BCUT2D eigenvalue weighted by molar-refractivity contribution is -0.384. The van der Waals surface area contributed by atoms with Gasteiger partial charge in [0, 0.05) is 34.9 Å². The van der Waals surface area contributed by atoms with Gasteiger partial charge in [-0.05, 0) is 62.5 Å². The highest BCUT2D eigenvalue weighted by molar-refractivity contribution is 5.94. The summed E-state index contributed by atoms with van der Waals surface area (Å²) in [6, 6.07) is 14.0. The van der Waals surface area contributed by atoms with E-state index >= 15 is 0 Å². The summed E-state index contributed by atoms with van der Waals surface area (Å²) in [6.07, 6.45) is 4.14. The number of H-pyrrole nitrogens is 1. The van der Waals surface area contributed by atoms with E-state index in [9.17, 15) is 14.9 Å². The van der Waals surface area contributed by atoms with Crippen molar-refractivity contribution in [1.82, 2.24) is 9.88 Å². The van der Waals surface area contributed by atoms with E-state index in [0.29, 0.717) is 11.6 Å². The molecule has 0 saturated carbocycles. The number of nitrogens with one attached hydrogen (secondary N) is 2. The first-order valence-electron chi connectivity index (χ1n) is 9.88. The highest BCUT2D eigenvalue weighted by atomic mass is 16.6. The van der Waals surface area contributed by atoms with Crippen molar-refractivity contribution < 1.29 is 9.72 Å². The van der Waals surface area contributed by atoms with Gasteiger partial charge in [0.05, 0.1) is 11.0 Å². The Morgan fingerprint density at radius 1 is 1.17 bits per heavy atom. The van der Waals surface area contributed by atoms with Crippen LogP contribution in [0.2, 0.25) is 0 Å². The average molecular weight is 392 g/mol. The average Bonchev–Trinajstić information content (AvgIpc) is 3.18. The van der Waals surface area contributed by atoms with Gasteiger partial charge in [-0.2, -0.15) is 0 Å². The summed E-state index contributed by atoms with van der Waals surface area (Å²) < 4.78 is 0. The van der Waals surface area contributed by atoms with Crippen LogP contribution in [0.5, 0.6) is 0 Å². The van der Waals surface area contributed by atoms with Gasteiger partial charge in [-0.15, -0.1) is 0 Å². The molecular formula is C22H24N4O3. The minimum absolute atomic E-state index is 0.00963. The Kier molecular flexibility index (Phi) is 5.31. The summed E-state index contributed by atoms with van der Waals surface area (Å²) in [5, 5.41) is 14.9. The van der Waals surface area contributed by atoms with Gasteiger partial charge in [0.25, 0.3) is 5.69 Å². The van der Waals surface area contributed by atoms with E-state index < -0.39 is 4.92 Å². The van der Waals surface area contributed by atoms with Crippen LogP contribution in [0.4, 0.5) is 11.4 Å². The van der Waals surface area contributed by atoms with Crippen molar-refractivity contribution in [3.8, 4) is 0 Å². The summed E-state index contributed by atoms with van der Waals surface area (Å²) in [6.45, 7) is 3.63. The maximum Gasteiger partial charge on any atom is 0.269 e. The zero-order valence-corrected chi connectivity index (χ0v) is 16.3. The van der Waals surface area contributed by atoms with Crippen LogP contribution in [0.25, 0.3) is 10.9 Å². The van der Waals surface area contributed by atoms with Crippen molar-refractivity contribution in [2.75, 3.05) is 18.4 Å². The van der Waals surface area contributed by atoms with Crippen LogP contribution >= 0.6 is 0 Å². The van der Waals surface area contributed by atoms with Gasteiger partial charge in [-0.1, -0.05) is 18.2 Å². The van der Waals surface area contributed by atoms with Crippen LogP contribution in [0.15, 0.2) is 54.7 Å². The zero-order chi connectivity index (χ0) is 20.4. The first-order chi connectivity index (χ1) is 14.0. The molecule has 0 aliphatic carbocycles. The maximum atomic E-state index is 12.6. The van der Waals surface area contributed by atoms with Crippen molar-refractivity contribution in [1.29, 1.82) is 0 Å². The van der Waals surface area contributed by atoms with Gasteiger partial charge < -0.3 is 10.3 Å². The van der Waals surface area contributed by atoms with Gasteiger partial charge in [0.15, 0.2) is 0 Å². The molecule has 150 valence electrons. The standard InChI is InChI=1S/C22H24N4O3/c1-15(22(27)24-17-6-8-18(9-7-17)26(28)29)25-12-10-16(11-13-25)20-14-23-21-5-3-2-4-19(20)21/h2-9,14-16,23H,10-13H2,1H3,(H,24,27). The van der Waals surface area contributed by atoms with E-state index in [1.54, 1.807) is 12.1 Å². The third kappa shape index (κ3) is 4.00. The highest BCUT2D eigenvalue weighted by Crippen LogP contribution is 2.33. The van der Waals surface area contributed by atoms with Gasteiger partial charge in [-0.3, -0.25) is 19.8 Å². The molecule has 1 aliphatic heterocycles. The van der Waals surface area contributed by atoms with Crippen LogP contribution in [-0.4, -0.2) is 39.8 Å². The number of likely N-dealkylation sites (tertiary alicyclic amines) is 1. The number of amides is 1.